The summed E-state index contributed by atoms with van der Waals surface area (Å²) in [5.74, 6) is -0.285. The molecular weight excluding hydrogens is 1020 g/mol. The molecule has 0 spiro atoms. The van der Waals surface area contributed by atoms with Crippen LogP contribution in [-0.4, -0.2) is 88.3 Å². The van der Waals surface area contributed by atoms with Gasteiger partial charge >= 0.3 is 18.3 Å². The molecule has 0 bridgehead atoms. The minimum Gasteiger partial charge on any atom is -0.481 e. The van der Waals surface area contributed by atoms with Crippen molar-refractivity contribution in [2.75, 3.05) is 13.1 Å². The molecule has 0 unspecified atom stereocenters. The predicted octanol–water partition coefficient (Wildman–Crippen LogP) is 9.84. The van der Waals surface area contributed by atoms with Crippen molar-refractivity contribution < 1.29 is 65.2 Å². The summed E-state index contributed by atoms with van der Waals surface area (Å²) >= 11 is 0. The molecule has 5 aromatic rings. The molecule has 77 heavy (non-hydrogen) atoms. The Kier molecular flexibility index (Phi) is 20.3. The lowest BCUT2D eigenvalue weighted by Crippen LogP contribution is -2.28. The number of Topliss-reactive ketones (excluding diaryl/α,β-unsaturated/α-hetero) is 2. The second-order valence-corrected chi connectivity index (χ2v) is 19.5. The van der Waals surface area contributed by atoms with E-state index in [9.17, 15) is 50.3 Å². The smallest absolute Gasteiger partial charge is 0.435 e. The zero-order chi connectivity index (χ0) is 54.6. The Hall–Kier alpha value is -7.40. The van der Waals surface area contributed by atoms with Gasteiger partial charge in [-0.3, -0.25) is 24.0 Å². The fourth-order valence-corrected chi connectivity index (χ4v) is 9.16. The number of aliphatic carboxylic acids is 1. The molecule has 416 valence electrons. The number of nitrogens with two attached hydrogens (primary N) is 1. The molecule has 0 atom stereocenters. The Labute approximate surface area is 440 Å². The van der Waals surface area contributed by atoms with Crippen LogP contribution in [0.1, 0.15) is 166 Å². The number of nitrogens with zero attached hydrogens (tertiary/aromatic N) is 7. The number of benzene rings is 2. The number of alkyl halides is 6. The number of amides is 2. The van der Waals surface area contributed by atoms with E-state index < -0.39 is 58.6 Å². The molecular formula is C53H64F6N10O8. The molecule has 24 heteroatoms. The first-order valence-corrected chi connectivity index (χ1v) is 25.4. The fraction of sp³-hybridized carbons (Fsp3) is 0.509. The molecule has 9 rings (SSSR count). The van der Waals surface area contributed by atoms with Gasteiger partial charge < -0.3 is 31.2 Å². The van der Waals surface area contributed by atoms with E-state index in [1.54, 1.807) is 60.7 Å². The summed E-state index contributed by atoms with van der Waals surface area (Å²) in [4.78, 5) is 65.5. The van der Waals surface area contributed by atoms with Gasteiger partial charge in [0.2, 0.25) is 5.89 Å². The van der Waals surface area contributed by atoms with Crippen molar-refractivity contribution in [1.29, 1.82) is 0 Å². The lowest BCUT2D eigenvalue weighted by Gasteiger charge is -2.25. The summed E-state index contributed by atoms with van der Waals surface area (Å²) in [5.41, 5.74) is 2.33. The van der Waals surface area contributed by atoms with Crippen molar-refractivity contribution in [3.8, 4) is 11.4 Å². The van der Waals surface area contributed by atoms with Gasteiger partial charge in [-0.15, -0.1) is 0 Å². The lowest BCUT2D eigenvalue weighted by atomic mass is 9.79. The number of halogens is 6. The van der Waals surface area contributed by atoms with Gasteiger partial charge in [0, 0.05) is 67.9 Å². The number of ketones is 2. The molecule has 0 radical (unpaired) electrons. The highest BCUT2D eigenvalue weighted by molar-refractivity contribution is 5.96. The van der Waals surface area contributed by atoms with Gasteiger partial charge in [0.1, 0.15) is 17.4 Å². The maximum Gasteiger partial charge on any atom is 0.435 e. The Balaban J connectivity index is 0.000000220. The topological polar surface area (TPSA) is 263 Å². The average molecular weight is 1080 g/mol. The standard InChI is InChI=1S/C26H28F3N5O3.C22H24F3N3O4.C4H8N2O.CH4/c27-26(28,29)22-20(15-34(32-22)19-5-2-1-3-6-19)24(36)30-14-4-7-21(35)16-8-12-18(13-9-16)25-31-23(33-37-25)17-10-11-17;23-22(24,25)19-17(13-28(27-19)16-5-2-1-3-6-16)20(30)26-12-4-7-18(29)14-8-10-15(11-9-14)21(31)32;5-4(6-7)3-1-2-3;/h1-3,5-6,15-18H,4,7-14H2,(H,30,36);1-3,5-6,13-15H,4,7-12H2,(H,26,30)(H,31,32);3,7H,1-2H2,(H2,5,6);1H4. The summed E-state index contributed by atoms with van der Waals surface area (Å²) in [7, 11) is 0. The summed E-state index contributed by atoms with van der Waals surface area (Å²) in [6.45, 7) is 0.141. The maximum atomic E-state index is 13.5. The van der Waals surface area contributed by atoms with Crippen LogP contribution in [0.15, 0.2) is 82.7 Å². The van der Waals surface area contributed by atoms with E-state index in [0.29, 0.717) is 67.0 Å². The molecule has 4 saturated carbocycles. The zero-order valence-corrected chi connectivity index (χ0v) is 41.4. The van der Waals surface area contributed by atoms with Crippen molar-refractivity contribution >= 4 is 35.2 Å². The van der Waals surface area contributed by atoms with E-state index in [0.717, 1.165) is 78.9 Å². The van der Waals surface area contributed by atoms with Crippen LogP contribution >= 0.6 is 0 Å². The maximum absolute atomic E-state index is 13.5. The predicted molar refractivity (Wildman–Crippen MR) is 267 cm³/mol. The SMILES string of the molecule is C.N/C(=N\O)C1CC1.O=C(NCCCC(=O)C1CCC(C(=O)O)CC1)c1cn(-c2ccccc2)nc1C(F)(F)F.O=C(NCCCC(=O)C1CCC(c2nc(C3CC3)no2)CC1)c1cn(-c2ccccc2)nc1C(F)(F)F. The number of rotatable bonds is 18. The first-order chi connectivity index (χ1) is 36.3. The summed E-state index contributed by atoms with van der Waals surface area (Å²) < 4.78 is 88.1. The Morgan fingerprint density at radius 1 is 0.623 bits per heavy atom. The van der Waals surface area contributed by atoms with Crippen molar-refractivity contribution in [1.82, 2.24) is 40.3 Å². The van der Waals surface area contributed by atoms with Crippen LogP contribution < -0.4 is 16.4 Å². The third-order valence-corrected chi connectivity index (χ3v) is 13.8. The van der Waals surface area contributed by atoms with Gasteiger partial charge in [-0.1, -0.05) is 54.1 Å². The van der Waals surface area contributed by atoms with Gasteiger partial charge in [0.15, 0.2) is 17.2 Å². The molecule has 18 nitrogen and oxygen atoms in total. The van der Waals surface area contributed by atoms with Gasteiger partial charge in [-0.2, -0.15) is 41.5 Å². The monoisotopic (exact) mass is 1080 g/mol. The number of nitrogens with one attached hydrogen (secondary N) is 2. The van der Waals surface area contributed by atoms with E-state index in [1.165, 1.54) is 0 Å². The molecule has 3 aromatic heterocycles. The fourth-order valence-electron chi connectivity index (χ4n) is 9.16. The number of aromatic nitrogens is 6. The van der Waals surface area contributed by atoms with E-state index in [4.69, 9.17) is 20.6 Å². The molecule has 4 aliphatic carbocycles. The van der Waals surface area contributed by atoms with Crippen LogP contribution in [-0.2, 0) is 26.7 Å². The molecule has 4 aliphatic rings. The third-order valence-electron chi connectivity index (χ3n) is 13.8. The molecule has 3 heterocycles. The summed E-state index contributed by atoms with van der Waals surface area (Å²) in [6, 6.07) is 16.4. The van der Waals surface area contributed by atoms with Gasteiger partial charge in [0.05, 0.1) is 28.4 Å². The number of oxime groups is 1. The van der Waals surface area contributed by atoms with Crippen molar-refractivity contribution in [2.24, 2.45) is 34.6 Å². The Morgan fingerprint density at radius 3 is 1.40 bits per heavy atom. The summed E-state index contributed by atoms with van der Waals surface area (Å²) in [5, 5.41) is 36.0. The number of carboxylic acid groups (broad SMARTS) is 1. The number of carbonyl (C=O) groups excluding carboxylic acids is 4. The lowest BCUT2D eigenvalue weighted by molar-refractivity contribution is -0.144. The second-order valence-electron chi connectivity index (χ2n) is 19.5. The number of hydrogen-bond donors (Lipinski definition) is 5. The van der Waals surface area contributed by atoms with E-state index >= 15 is 0 Å². The zero-order valence-electron chi connectivity index (χ0n) is 41.4. The molecule has 2 amide bonds. The number of hydrogen-bond acceptors (Lipinski definition) is 12. The molecule has 6 N–H and O–H groups in total. The van der Waals surface area contributed by atoms with E-state index in [2.05, 4.69) is 36.1 Å². The van der Waals surface area contributed by atoms with Gasteiger partial charge in [-0.05, 0) is 114 Å². The van der Waals surface area contributed by atoms with Crippen molar-refractivity contribution in [3.05, 3.63) is 107 Å². The highest BCUT2D eigenvalue weighted by Crippen LogP contribution is 2.41. The van der Waals surface area contributed by atoms with E-state index in [1.807, 2.05) is 0 Å². The number of amidine groups is 1. The minimum absolute atomic E-state index is 0. The number of carboxylic acids is 1. The van der Waals surface area contributed by atoms with Crippen molar-refractivity contribution in [3.63, 3.8) is 0 Å². The number of carbonyl (C=O) groups is 5. The van der Waals surface area contributed by atoms with Crippen LogP contribution in [0.2, 0.25) is 0 Å². The van der Waals surface area contributed by atoms with Crippen molar-refractivity contribution in [2.45, 2.75) is 134 Å². The molecule has 0 saturated heterocycles. The van der Waals surface area contributed by atoms with Crippen LogP contribution in [0, 0.1) is 23.7 Å². The Bertz CT molecular complexity index is 2790. The highest BCUT2D eigenvalue weighted by Gasteiger charge is 2.41. The largest absolute Gasteiger partial charge is 0.481 e. The first-order valence-electron chi connectivity index (χ1n) is 25.4. The average Bonchev–Trinajstić information content (AvgIpc) is 4.31. The quantitative estimate of drug-likeness (QED) is 0.0137. The number of para-hydroxylation sites is 2. The minimum atomic E-state index is -4.79. The molecule has 2 aromatic carbocycles. The van der Waals surface area contributed by atoms with Gasteiger partial charge in [-0.25, -0.2) is 9.36 Å². The van der Waals surface area contributed by atoms with Crippen LogP contribution in [0.5, 0.6) is 0 Å². The molecule has 0 aliphatic heterocycles. The van der Waals surface area contributed by atoms with Crippen LogP contribution in [0.25, 0.3) is 11.4 Å². The van der Waals surface area contributed by atoms with Crippen LogP contribution in [0.3, 0.4) is 0 Å². The highest BCUT2D eigenvalue weighted by atomic mass is 19.4. The molecule has 4 fully saturated rings. The van der Waals surface area contributed by atoms with E-state index in [-0.39, 0.29) is 69.1 Å². The first kappa shape index (κ1) is 58.9. The third kappa shape index (κ3) is 16.5. The van der Waals surface area contributed by atoms with Crippen LogP contribution in [0.4, 0.5) is 26.3 Å². The summed E-state index contributed by atoms with van der Waals surface area (Å²) in [6.07, 6.45) is 3.13. The Morgan fingerprint density at radius 2 is 1.03 bits per heavy atom. The normalized spacial score (nSPS) is 19.5. The second kappa shape index (κ2) is 26.6. The van der Waals surface area contributed by atoms with Gasteiger partial charge in [0.25, 0.3) is 11.8 Å².